The number of amides is 1. The van der Waals surface area contributed by atoms with Gasteiger partial charge in [-0.05, 0) is 68.0 Å². The van der Waals surface area contributed by atoms with E-state index in [9.17, 15) is 18.8 Å². The maximum atomic E-state index is 14.0. The summed E-state index contributed by atoms with van der Waals surface area (Å²) in [7, 11) is 0. The van der Waals surface area contributed by atoms with Crippen molar-refractivity contribution in [3.63, 3.8) is 0 Å². The molecule has 1 saturated heterocycles. The van der Waals surface area contributed by atoms with Crippen LogP contribution in [0.3, 0.4) is 0 Å². The van der Waals surface area contributed by atoms with Gasteiger partial charge in [0.15, 0.2) is 23.0 Å². The molecule has 4 aromatic rings. The number of likely N-dealkylation sites (tertiary alicyclic amines) is 1. The summed E-state index contributed by atoms with van der Waals surface area (Å²) in [5.41, 5.74) is 8.16. The van der Waals surface area contributed by atoms with Crippen molar-refractivity contribution in [2.75, 3.05) is 12.3 Å². The first-order chi connectivity index (χ1) is 19.4. The third kappa shape index (κ3) is 4.84. The van der Waals surface area contributed by atoms with E-state index in [0.717, 1.165) is 37.8 Å². The van der Waals surface area contributed by atoms with Crippen LogP contribution in [-0.4, -0.2) is 43.1 Å². The molecule has 1 atom stereocenters. The minimum absolute atomic E-state index is 0.165. The van der Waals surface area contributed by atoms with Crippen molar-refractivity contribution in [1.82, 2.24) is 24.6 Å². The van der Waals surface area contributed by atoms with Crippen molar-refractivity contribution < 1.29 is 18.3 Å². The number of para-hydroxylation sites is 1. The number of hydrogen-bond donors (Lipinski definition) is 1. The lowest BCUT2D eigenvalue weighted by Gasteiger charge is -2.24. The third-order valence-electron chi connectivity index (χ3n) is 7.22. The van der Waals surface area contributed by atoms with Crippen LogP contribution in [0.4, 0.5) is 14.6 Å². The second kappa shape index (κ2) is 10.4. The van der Waals surface area contributed by atoms with E-state index < -0.39 is 17.4 Å². The minimum atomic E-state index is -0.803. The van der Waals surface area contributed by atoms with E-state index >= 15 is 0 Å². The molecule has 6 rings (SSSR count). The summed E-state index contributed by atoms with van der Waals surface area (Å²) in [6, 6.07) is 12.0. The number of halogens is 2. The van der Waals surface area contributed by atoms with Crippen molar-refractivity contribution in [3.8, 4) is 28.8 Å². The Morgan fingerprint density at radius 1 is 1.12 bits per heavy atom. The number of fused-ring (bicyclic) bond motifs is 1. The van der Waals surface area contributed by atoms with E-state index in [2.05, 4.69) is 16.0 Å². The van der Waals surface area contributed by atoms with Gasteiger partial charge in [0.2, 0.25) is 0 Å². The summed E-state index contributed by atoms with van der Waals surface area (Å²) in [6.07, 6.45) is 6.77. The van der Waals surface area contributed by atoms with Crippen LogP contribution in [-0.2, 0) is 11.3 Å². The van der Waals surface area contributed by atoms with E-state index in [-0.39, 0.29) is 29.1 Å². The van der Waals surface area contributed by atoms with Crippen LogP contribution in [0.2, 0.25) is 0 Å². The van der Waals surface area contributed by atoms with Crippen LogP contribution in [0, 0.1) is 28.9 Å². The van der Waals surface area contributed by atoms with Gasteiger partial charge in [-0.3, -0.25) is 4.79 Å². The van der Waals surface area contributed by atoms with Crippen LogP contribution in [0.25, 0.3) is 22.3 Å². The SMILES string of the molecule is N#CC(=CC1CC1)C(=O)N1CCC[C@H]1Cn1nc(-c2ccc(Oc3c(F)cccc3F)cc2)c2c(N)ncnc21. The number of allylic oxidation sites excluding steroid dienone is 1. The minimum Gasteiger partial charge on any atom is -0.451 e. The quantitative estimate of drug-likeness (QED) is 0.258. The number of benzene rings is 2. The number of nitrogens with two attached hydrogens (primary N) is 1. The van der Waals surface area contributed by atoms with Crippen molar-refractivity contribution in [2.45, 2.75) is 38.3 Å². The van der Waals surface area contributed by atoms with E-state index in [4.69, 9.17) is 15.6 Å². The second-order valence-electron chi connectivity index (χ2n) is 9.99. The average Bonchev–Trinajstić information content (AvgIpc) is 3.53. The highest BCUT2D eigenvalue weighted by Gasteiger charge is 2.33. The van der Waals surface area contributed by atoms with Crippen LogP contribution in [0.1, 0.15) is 25.7 Å². The number of carbonyl (C=O) groups is 1. The highest BCUT2D eigenvalue weighted by molar-refractivity contribution is 5.99. The number of aromatic nitrogens is 4. The number of nitriles is 1. The standard InChI is InChI=1S/C29H25F2N7O2/c30-22-4-1-5-23(31)26(22)40-21-10-8-18(9-11-21)25-24-27(33)34-16-35-28(24)38(36-25)15-20-3-2-12-37(20)29(39)19(14-32)13-17-6-7-17/h1,4-5,8-11,13,16-17,20H,2-3,6-7,12,15H2,(H2,33,34,35)/t20-/m0/s1. The fourth-order valence-corrected chi connectivity index (χ4v) is 5.04. The molecule has 0 bridgehead atoms. The zero-order chi connectivity index (χ0) is 27.8. The molecule has 2 aliphatic rings. The Labute approximate surface area is 228 Å². The molecule has 0 unspecified atom stereocenters. The molecule has 2 aromatic carbocycles. The van der Waals surface area contributed by atoms with Crippen LogP contribution >= 0.6 is 0 Å². The molecule has 2 fully saturated rings. The molecule has 202 valence electrons. The molecule has 0 radical (unpaired) electrons. The fraction of sp³-hybridized carbons (Fsp3) is 0.276. The molecule has 9 nitrogen and oxygen atoms in total. The first-order valence-corrected chi connectivity index (χ1v) is 13.0. The van der Waals surface area contributed by atoms with Gasteiger partial charge in [0.25, 0.3) is 5.91 Å². The molecular formula is C29H25F2N7O2. The molecule has 40 heavy (non-hydrogen) atoms. The Hall–Kier alpha value is -4.85. The molecule has 2 N–H and O–H groups in total. The van der Waals surface area contributed by atoms with Gasteiger partial charge < -0.3 is 15.4 Å². The zero-order valence-corrected chi connectivity index (χ0v) is 21.4. The summed E-state index contributed by atoms with van der Waals surface area (Å²) in [4.78, 5) is 23.5. The van der Waals surface area contributed by atoms with Crippen molar-refractivity contribution in [2.24, 2.45) is 5.92 Å². The summed E-state index contributed by atoms with van der Waals surface area (Å²) in [5, 5.41) is 14.9. The van der Waals surface area contributed by atoms with Gasteiger partial charge in [-0.1, -0.05) is 12.1 Å². The van der Waals surface area contributed by atoms with E-state index in [0.29, 0.717) is 41.3 Å². The van der Waals surface area contributed by atoms with Crippen LogP contribution < -0.4 is 10.5 Å². The highest BCUT2D eigenvalue weighted by atomic mass is 19.1. The number of nitrogen functional groups attached to an aromatic ring is 1. The largest absolute Gasteiger partial charge is 0.451 e. The van der Waals surface area contributed by atoms with E-state index in [1.54, 1.807) is 39.9 Å². The van der Waals surface area contributed by atoms with Crippen LogP contribution in [0.15, 0.2) is 60.4 Å². The molecule has 0 spiro atoms. The average molecular weight is 542 g/mol. The molecule has 2 aromatic heterocycles. The monoisotopic (exact) mass is 541 g/mol. The third-order valence-corrected chi connectivity index (χ3v) is 7.22. The topological polar surface area (TPSA) is 123 Å². The Morgan fingerprint density at radius 3 is 2.58 bits per heavy atom. The molecule has 11 heteroatoms. The first-order valence-electron chi connectivity index (χ1n) is 13.0. The normalized spacial score (nSPS) is 17.3. The van der Waals surface area contributed by atoms with Crippen molar-refractivity contribution in [1.29, 1.82) is 5.26 Å². The molecule has 3 heterocycles. The number of nitrogens with zero attached hydrogens (tertiary/aromatic N) is 6. The van der Waals surface area contributed by atoms with Crippen molar-refractivity contribution in [3.05, 3.63) is 72.1 Å². The first kappa shape index (κ1) is 25.4. The van der Waals surface area contributed by atoms with Gasteiger partial charge in [0, 0.05) is 12.1 Å². The Morgan fingerprint density at radius 2 is 1.88 bits per heavy atom. The van der Waals surface area contributed by atoms with Gasteiger partial charge in [-0.2, -0.15) is 10.4 Å². The summed E-state index contributed by atoms with van der Waals surface area (Å²) in [5.74, 6) is -1.52. The molecule has 1 saturated carbocycles. The second-order valence-corrected chi connectivity index (χ2v) is 9.99. The summed E-state index contributed by atoms with van der Waals surface area (Å²) < 4.78 is 35.2. The zero-order valence-electron chi connectivity index (χ0n) is 21.4. The van der Waals surface area contributed by atoms with Crippen LogP contribution in [0.5, 0.6) is 11.5 Å². The lowest BCUT2D eigenvalue weighted by molar-refractivity contribution is -0.127. The summed E-state index contributed by atoms with van der Waals surface area (Å²) >= 11 is 0. The lowest BCUT2D eigenvalue weighted by atomic mass is 10.1. The van der Waals surface area contributed by atoms with E-state index in [1.807, 2.05) is 0 Å². The highest BCUT2D eigenvalue weighted by Crippen LogP contribution is 2.35. The summed E-state index contributed by atoms with van der Waals surface area (Å²) in [6.45, 7) is 0.940. The van der Waals surface area contributed by atoms with E-state index in [1.165, 1.54) is 12.4 Å². The number of rotatable bonds is 7. The number of hydrogen-bond acceptors (Lipinski definition) is 7. The predicted molar refractivity (Wildman–Crippen MR) is 143 cm³/mol. The Balaban J connectivity index is 1.29. The van der Waals surface area contributed by atoms with Gasteiger partial charge >= 0.3 is 0 Å². The van der Waals surface area contributed by atoms with Crippen molar-refractivity contribution >= 4 is 22.8 Å². The Kier molecular flexibility index (Phi) is 6.59. The number of carbonyl (C=O) groups excluding carboxylic acids is 1. The smallest absolute Gasteiger partial charge is 0.264 e. The number of ether oxygens (including phenoxy) is 1. The molecule has 1 aliphatic heterocycles. The van der Waals surface area contributed by atoms with Gasteiger partial charge in [0.1, 0.15) is 35.2 Å². The van der Waals surface area contributed by atoms with Gasteiger partial charge in [-0.15, -0.1) is 0 Å². The Bertz CT molecular complexity index is 1650. The molecular weight excluding hydrogens is 516 g/mol. The molecule has 1 aliphatic carbocycles. The van der Waals surface area contributed by atoms with Gasteiger partial charge in [0.05, 0.1) is 18.0 Å². The molecule has 1 amide bonds. The lowest BCUT2D eigenvalue weighted by Crippen LogP contribution is -2.39. The number of anilines is 1. The maximum absolute atomic E-state index is 14.0. The predicted octanol–water partition coefficient (Wildman–Crippen LogP) is 5.00. The van der Waals surface area contributed by atoms with Gasteiger partial charge in [-0.25, -0.2) is 23.4 Å². The fourth-order valence-electron chi connectivity index (χ4n) is 5.04. The maximum Gasteiger partial charge on any atom is 0.264 e.